The Morgan fingerprint density at radius 1 is 1.40 bits per heavy atom. The van der Waals surface area contributed by atoms with E-state index in [0.29, 0.717) is 13.0 Å². The molecule has 0 bridgehead atoms. The first-order valence-corrected chi connectivity index (χ1v) is 6.88. The van der Waals surface area contributed by atoms with E-state index in [-0.39, 0.29) is 36.3 Å². The zero-order valence-corrected chi connectivity index (χ0v) is 12.5. The maximum atomic E-state index is 11.8. The summed E-state index contributed by atoms with van der Waals surface area (Å²) in [6.45, 7) is 3.92. The molecule has 1 saturated heterocycles. The van der Waals surface area contributed by atoms with Crippen LogP contribution in [0.2, 0.25) is 0 Å². The summed E-state index contributed by atoms with van der Waals surface area (Å²) in [5.74, 6) is 0.395. The van der Waals surface area contributed by atoms with Gasteiger partial charge in [0.2, 0.25) is 5.91 Å². The minimum atomic E-state index is -0.368. The predicted molar refractivity (Wildman–Crippen MR) is 82.1 cm³/mol. The number of halogens is 1. The SMILES string of the molecule is CC(O)CC(CNC(=O)C1CNC1)c1ccccc1.Cl. The molecule has 1 heterocycles. The second kappa shape index (κ2) is 8.25. The number of amides is 1. The molecule has 3 N–H and O–H groups in total. The van der Waals surface area contributed by atoms with Crippen molar-refractivity contribution in [2.75, 3.05) is 19.6 Å². The molecule has 1 aliphatic rings. The highest BCUT2D eigenvalue weighted by Crippen LogP contribution is 2.20. The Balaban J connectivity index is 0.00000200. The van der Waals surface area contributed by atoms with Crippen LogP contribution < -0.4 is 10.6 Å². The zero-order chi connectivity index (χ0) is 13.7. The topological polar surface area (TPSA) is 61.4 Å². The highest BCUT2D eigenvalue weighted by atomic mass is 35.5. The fourth-order valence-electron chi connectivity index (χ4n) is 2.32. The maximum Gasteiger partial charge on any atom is 0.225 e. The Bertz CT molecular complexity index is 408. The molecule has 4 nitrogen and oxygen atoms in total. The number of nitrogens with one attached hydrogen (secondary N) is 2. The first kappa shape index (κ1) is 17.0. The molecule has 0 spiro atoms. The van der Waals surface area contributed by atoms with Crippen LogP contribution in [0.4, 0.5) is 0 Å². The molecule has 0 aromatic heterocycles. The van der Waals surface area contributed by atoms with Gasteiger partial charge in [0.05, 0.1) is 12.0 Å². The average molecular weight is 299 g/mol. The van der Waals surface area contributed by atoms with Crippen LogP contribution in [0.5, 0.6) is 0 Å². The Kier molecular flexibility index (Phi) is 6.99. The molecular weight excluding hydrogens is 276 g/mol. The standard InChI is InChI=1S/C15H22N2O2.ClH/c1-11(18)7-13(12-5-3-2-4-6-12)10-17-15(19)14-8-16-9-14;/h2-6,11,13-14,16,18H,7-10H2,1H3,(H,17,19);1H. The van der Waals surface area contributed by atoms with Gasteiger partial charge in [-0.3, -0.25) is 4.79 Å². The lowest BCUT2D eigenvalue weighted by atomic mass is 9.93. The van der Waals surface area contributed by atoms with Crippen molar-refractivity contribution in [2.45, 2.75) is 25.4 Å². The lowest BCUT2D eigenvalue weighted by Gasteiger charge is -2.27. The van der Waals surface area contributed by atoms with Crippen molar-refractivity contribution < 1.29 is 9.90 Å². The van der Waals surface area contributed by atoms with Gasteiger partial charge in [-0.05, 0) is 18.9 Å². The van der Waals surface area contributed by atoms with E-state index in [9.17, 15) is 9.90 Å². The molecular formula is C15H23ClN2O2. The molecule has 5 heteroatoms. The molecule has 1 aromatic rings. The molecule has 0 radical (unpaired) electrons. The van der Waals surface area contributed by atoms with Crippen LogP contribution in [0, 0.1) is 5.92 Å². The summed E-state index contributed by atoms with van der Waals surface area (Å²) < 4.78 is 0. The van der Waals surface area contributed by atoms with Gasteiger partial charge < -0.3 is 15.7 Å². The molecule has 0 saturated carbocycles. The van der Waals surface area contributed by atoms with E-state index in [4.69, 9.17) is 0 Å². The third kappa shape index (κ3) is 4.78. The van der Waals surface area contributed by atoms with Crippen molar-refractivity contribution >= 4 is 18.3 Å². The normalized spacial score (nSPS) is 17.5. The van der Waals surface area contributed by atoms with Crippen LogP contribution in [-0.2, 0) is 4.79 Å². The maximum absolute atomic E-state index is 11.8. The summed E-state index contributed by atoms with van der Waals surface area (Å²) in [7, 11) is 0. The summed E-state index contributed by atoms with van der Waals surface area (Å²) in [5.41, 5.74) is 1.16. The van der Waals surface area contributed by atoms with Crippen LogP contribution in [-0.4, -0.2) is 36.8 Å². The van der Waals surface area contributed by atoms with Crippen molar-refractivity contribution in [1.29, 1.82) is 0 Å². The Morgan fingerprint density at radius 2 is 2.05 bits per heavy atom. The van der Waals surface area contributed by atoms with Crippen LogP contribution in [0.1, 0.15) is 24.8 Å². The smallest absolute Gasteiger partial charge is 0.225 e. The van der Waals surface area contributed by atoms with Crippen LogP contribution in [0.15, 0.2) is 30.3 Å². The molecule has 20 heavy (non-hydrogen) atoms. The average Bonchev–Trinajstić information content (AvgIpc) is 2.33. The quantitative estimate of drug-likeness (QED) is 0.742. The number of rotatable bonds is 6. The minimum absolute atomic E-state index is 0. The van der Waals surface area contributed by atoms with E-state index in [1.165, 1.54) is 0 Å². The highest BCUT2D eigenvalue weighted by molar-refractivity contribution is 5.85. The van der Waals surface area contributed by atoms with Crippen LogP contribution in [0.25, 0.3) is 0 Å². The van der Waals surface area contributed by atoms with Crippen LogP contribution in [0.3, 0.4) is 0 Å². The monoisotopic (exact) mass is 298 g/mol. The lowest BCUT2D eigenvalue weighted by molar-refractivity contribution is -0.126. The zero-order valence-electron chi connectivity index (χ0n) is 11.7. The van der Waals surface area contributed by atoms with Gasteiger partial charge in [-0.25, -0.2) is 0 Å². The highest BCUT2D eigenvalue weighted by Gasteiger charge is 2.25. The molecule has 2 unspecified atom stereocenters. The Hall–Kier alpha value is -1.10. The molecule has 1 aliphatic heterocycles. The van der Waals surface area contributed by atoms with Crippen molar-refractivity contribution in [1.82, 2.24) is 10.6 Å². The number of benzene rings is 1. The summed E-state index contributed by atoms with van der Waals surface area (Å²) in [6, 6.07) is 10.0. The summed E-state index contributed by atoms with van der Waals surface area (Å²) in [5, 5.41) is 15.7. The number of carbonyl (C=O) groups excluding carboxylic acids is 1. The molecule has 1 aromatic carbocycles. The first-order valence-electron chi connectivity index (χ1n) is 6.88. The molecule has 0 aliphatic carbocycles. The number of hydrogen-bond donors (Lipinski definition) is 3. The van der Waals surface area contributed by atoms with Gasteiger partial charge in [-0.1, -0.05) is 30.3 Å². The van der Waals surface area contributed by atoms with Gasteiger partial charge >= 0.3 is 0 Å². The third-order valence-electron chi connectivity index (χ3n) is 3.57. The third-order valence-corrected chi connectivity index (χ3v) is 3.57. The van der Waals surface area contributed by atoms with Gasteiger partial charge in [0.1, 0.15) is 0 Å². The van der Waals surface area contributed by atoms with Crippen LogP contribution >= 0.6 is 12.4 Å². The predicted octanol–water partition coefficient (Wildman–Crippen LogP) is 1.30. The van der Waals surface area contributed by atoms with Gasteiger partial charge in [0, 0.05) is 25.6 Å². The molecule has 2 rings (SSSR count). The first-order chi connectivity index (χ1) is 9.16. The number of aliphatic hydroxyl groups is 1. The minimum Gasteiger partial charge on any atom is -0.393 e. The lowest BCUT2D eigenvalue weighted by Crippen LogP contribution is -2.51. The van der Waals surface area contributed by atoms with Crippen molar-refractivity contribution in [2.24, 2.45) is 5.92 Å². The van der Waals surface area contributed by atoms with E-state index >= 15 is 0 Å². The Labute approximate surface area is 126 Å². The van der Waals surface area contributed by atoms with E-state index in [1.54, 1.807) is 6.92 Å². The second-order valence-corrected chi connectivity index (χ2v) is 5.29. The van der Waals surface area contributed by atoms with Crippen molar-refractivity contribution in [3.8, 4) is 0 Å². The van der Waals surface area contributed by atoms with E-state index in [2.05, 4.69) is 10.6 Å². The van der Waals surface area contributed by atoms with Gasteiger partial charge in [0.15, 0.2) is 0 Å². The molecule has 112 valence electrons. The number of aliphatic hydroxyl groups excluding tert-OH is 1. The van der Waals surface area contributed by atoms with E-state index in [0.717, 1.165) is 18.7 Å². The Morgan fingerprint density at radius 3 is 2.55 bits per heavy atom. The second-order valence-electron chi connectivity index (χ2n) is 5.29. The van der Waals surface area contributed by atoms with E-state index in [1.807, 2.05) is 30.3 Å². The summed E-state index contributed by atoms with van der Waals surface area (Å²) in [6.07, 6.45) is 0.292. The van der Waals surface area contributed by atoms with Gasteiger partial charge in [0.25, 0.3) is 0 Å². The largest absolute Gasteiger partial charge is 0.393 e. The number of carbonyl (C=O) groups is 1. The van der Waals surface area contributed by atoms with Crippen molar-refractivity contribution in [3.05, 3.63) is 35.9 Å². The molecule has 1 amide bonds. The number of hydrogen-bond acceptors (Lipinski definition) is 3. The van der Waals surface area contributed by atoms with Gasteiger partial charge in [-0.2, -0.15) is 0 Å². The fourth-order valence-corrected chi connectivity index (χ4v) is 2.32. The van der Waals surface area contributed by atoms with E-state index < -0.39 is 0 Å². The van der Waals surface area contributed by atoms with Crippen molar-refractivity contribution in [3.63, 3.8) is 0 Å². The van der Waals surface area contributed by atoms with Gasteiger partial charge in [-0.15, -0.1) is 12.4 Å². The summed E-state index contributed by atoms with van der Waals surface area (Å²) in [4.78, 5) is 11.8. The molecule has 1 fully saturated rings. The fraction of sp³-hybridized carbons (Fsp3) is 0.533. The molecule has 2 atom stereocenters. The summed E-state index contributed by atoms with van der Waals surface area (Å²) >= 11 is 0.